The van der Waals surface area contributed by atoms with Gasteiger partial charge in [0.15, 0.2) is 6.61 Å². The lowest BCUT2D eigenvalue weighted by Crippen LogP contribution is -2.52. The van der Waals surface area contributed by atoms with Gasteiger partial charge < -0.3 is 15.0 Å². The number of unbranched alkanes of at least 4 members (excludes halogenated alkanes) is 1. The first-order valence-corrected chi connectivity index (χ1v) is 11.9. The standard InChI is InChI=1S/C29H34N2O3/c1-3-4-19-30-29(33)27(20-24-14-7-5-8-15-24)31(21-25-16-12-11-13-23(25)2)28(32)22-34-26-17-9-6-10-18-26/h5-18,27H,3-4,19-22H2,1-2H3,(H,30,33)/t27-/m0/s1. The second-order valence-electron chi connectivity index (χ2n) is 8.40. The van der Waals surface area contributed by atoms with Gasteiger partial charge >= 0.3 is 0 Å². The van der Waals surface area contributed by atoms with E-state index in [1.165, 1.54) is 0 Å². The fourth-order valence-electron chi connectivity index (χ4n) is 3.78. The molecule has 0 aliphatic rings. The molecular formula is C29H34N2O3. The van der Waals surface area contributed by atoms with Gasteiger partial charge in [-0.25, -0.2) is 0 Å². The summed E-state index contributed by atoms with van der Waals surface area (Å²) in [5.74, 6) is 0.260. The number of aryl methyl sites for hydroxylation is 1. The Hall–Kier alpha value is -3.60. The minimum absolute atomic E-state index is 0.135. The van der Waals surface area contributed by atoms with Crippen molar-refractivity contribution in [3.63, 3.8) is 0 Å². The number of nitrogens with one attached hydrogen (secondary N) is 1. The molecule has 0 aliphatic heterocycles. The predicted octanol–water partition coefficient (Wildman–Crippen LogP) is 4.93. The Balaban J connectivity index is 1.89. The van der Waals surface area contributed by atoms with E-state index in [0.717, 1.165) is 29.5 Å². The van der Waals surface area contributed by atoms with Crippen LogP contribution in [0.3, 0.4) is 0 Å². The summed E-state index contributed by atoms with van der Waals surface area (Å²) < 4.78 is 5.77. The molecule has 178 valence electrons. The molecule has 0 spiro atoms. The molecule has 0 unspecified atom stereocenters. The van der Waals surface area contributed by atoms with Crippen molar-refractivity contribution in [3.05, 3.63) is 102 Å². The molecule has 5 heteroatoms. The van der Waals surface area contributed by atoms with E-state index in [1.54, 1.807) is 4.90 Å². The van der Waals surface area contributed by atoms with Crippen LogP contribution in [0.2, 0.25) is 0 Å². The lowest BCUT2D eigenvalue weighted by atomic mass is 10.0. The Morgan fingerprint density at radius 1 is 0.912 bits per heavy atom. The van der Waals surface area contributed by atoms with Crippen molar-refractivity contribution in [2.75, 3.05) is 13.2 Å². The SMILES string of the molecule is CCCCNC(=O)[C@H](Cc1ccccc1)N(Cc1ccccc1C)C(=O)COc1ccccc1. The summed E-state index contributed by atoms with van der Waals surface area (Å²) >= 11 is 0. The number of carbonyl (C=O) groups excluding carboxylic acids is 2. The molecule has 0 aromatic heterocycles. The molecule has 34 heavy (non-hydrogen) atoms. The van der Waals surface area contributed by atoms with E-state index >= 15 is 0 Å². The maximum absolute atomic E-state index is 13.5. The zero-order valence-corrected chi connectivity index (χ0v) is 20.1. The number of para-hydroxylation sites is 1. The molecule has 5 nitrogen and oxygen atoms in total. The van der Waals surface area contributed by atoms with Crippen LogP contribution in [0, 0.1) is 6.92 Å². The highest BCUT2D eigenvalue weighted by Gasteiger charge is 2.30. The Morgan fingerprint density at radius 3 is 2.24 bits per heavy atom. The van der Waals surface area contributed by atoms with E-state index in [-0.39, 0.29) is 18.4 Å². The van der Waals surface area contributed by atoms with E-state index < -0.39 is 6.04 Å². The number of amides is 2. The number of benzene rings is 3. The largest absolute Gasteiger partial charge is 0.484 e. The van der Waals surface area contributed by atoms with Gasteiger partial charge in [0, 0.05) is 19.5 Å². The average molecular weight is 459 g/mol. The Kier molecular flexibility index (Phi) is 9.71. The summed E-state index contributed by atoms with van der Waals surface area (Å²) in [4.78, 5) is 28.6. The fraction of sp³-hybridized carbons (Fsp3) is 0.310. The van der Waals surface area contributed by atoms with Gasteiger partial charge in [0.25, 0.3) is 5.91 Å². The Morgan fingerprint density at radius 2 is 1.56 bits per heavy atom. The van der Waals surface area contributed by atoms with Gasteiger partial charge in [0.1, 0.15) is 11.8 Å². The van der Waals surface area contributed by atoms with E-state index in [0.29, 0.717) is 25.3 Å². The zero-order valence-electron chi connectivity index (χ0n) is 20.1. The molecule has 0 saturated heterocycles. The first-order chi connectivity index (χ1) is 16.6. The molecule has 1 atom stereocenters. The van der Waals surface area contributed by atoms with Crippen LogP contribution < -0.4 is 10.1 Å². The molecule has 3 aromatic carbocycles. The van der Waals surface area contributed by atoms with Crippen molar-refractivity contribution in [1.82, 2.24) is 10.2 Å². The number of carbonyl (C=O) groups is 2. The molecule has 3 rings (SSSR count). The molecule has 0 bridgehead atoms. The number of hydrogen-bond acceptors (Lipinski definition) is 3. The third kappa shape index (κ3) is 7.48. The second kappa shape index (κ2) is 13.2. The van der Waals surface area contributed by atoms with Gasteiger partial charge in [-0.05, 0) is 42.2 Å². The normalized spacial score (nSPS) is 11.5. The second-order valence-corrected chi connectivity index (χ2v) is 8.40. The highest BCUT2D eigenvalue weighted by atomic mass is 16.5. The van der Waals surface area contributed by atoms with Crippen LogP contribution in [0.1, 0.15) is 36.5 Å². The van der Waals surface area contributed by atoms with Gasteiger partial charge in [-0.3, -0.25) is 9.59 Å². The molecule has 0 saturated carbocycles. The van der Waals surface area contributed by atoms with Crippen molar-refractivity contribution in [2.45, 2.75) is 45.7 Å². The third-order valence-electron chi connectivity index (χ3n) is 5.81. The van der Waals surface area contributed by atoms with Crippen LogP contribution in [0.4, 0.5) is 0 Å². The van der Waals surface area contributed by atoms with Crippen molar-refractivity contribution >= 4 is 11.8 Å². The molecule has 2 amide bonds. The van der Waals surface area contributed by atoms with E-state index in [1.807, 2.05) is 91.9 Å². The lowest BCUT2D eigenvalue weighted by Gasteiger charge is -2.32. The topological polar surface area (TPSA) is 58.6 Å². The van der Waals surface area contributed by atoms with Gasteiger partial charge in [-0.1, -0.05) is 86.1 Å². The van der Waals surface area contributed by atoms with Crippen LogP contribution in [0.15, 0.2) is 84.9 Å². The number of rotatable bonds is 12. The minimum Gasteiger partial charge on any atom is -0.484 e. The zero-order chi connectivity index (χ0) is 24.2. The van der Waals surface area contributed by atoms with Gasteiger partial charge in [-0.15, -0.1) is 0 Å². The van der Waals surface area contributed by atoms with Gasteiger partial charge in [0.2, 0.25) is 5.91 Å². The van der Waals surface area contributed by atoms with Crippen LogP contribution in [0.5, 0.6) is 5.75 Å². The molecule has 0 aliphatic carbocycles. The molecule has 0 fully saturated rings. The molecule has 0 heterocycles. The smallest absolute Gasteiger partial charge is 0.261 e. The first kappa shape index (κ1) is 25.0. The highest BCUT2D eigenvalue weighted by molar-refractivity contribution is 5.88. The summed E-state index contributed by atoms with van der Waals surface area (Å²) in [5.41, 5.74) is 3.09. The quantitative estimate of drug-likeness (QED) is 0.392. The summed E-state index contributed by atoms with van der Waals surface area (Å²) in [7, 11) is 0. The number of hydrogen-bond donors (Lipinski definition) is 1. The Labute approximate surface area is 202 Å². The maximum atomic E-state index is 13.5. The van der Waals surface area contributed by atoms with Crippen molar-refractivity contribution in [3.8, 4) is 5.75 Å². The number of nitrogens with zero attached hydrogens (tertiary/aromatic N) is 1. The summed E-state index contributed by atoms with van der Waals surface area (Å²) in [6.45, 7) is 4.90. The van der Waals surface area contributed by atoms with Crippen LogP contribution in [0.25, 0.3) is 0 Å². The molecule has 3 aromatic rings. The maximum Gasteiger partial charge on any atom is 0.261 e. The monoisotopic (exact) mass is 458 g/mol. The van der Waals surface area contributed by atoms with E-state index in [4.69, 9.17) is 4.74 Å². The Bertz CT molecular complexity index is 1040. The summed E-state index contributed by atoms with van der Waals surface area (Å²) in [5, 5.41) is 3.04. The number of ether oxygens (including phenoxy) is 1. The lowest BCUT2D eigenvalue weighted by molar-refractivity contribution is -0.142. The van der Waals surface area contributed by atoms with Gasteiger partial charge in [-0.2, -0.15) is 0 Å². The average Bonchev–Trinajstić information content (AvgIpc) is 2.87. The van der Waals surface area contributed by atoms with Crippen LogP contribution in [-0.2, 0) is 22.6 Å². The third-order valence-corrected chi connectivity index (χ3v) is 5.81. The van der Waals surface area contributed by atoms with Gasteiger partial charge in [0.05, 0.1) is 0 Å². The van der Waals surface area contributed by atoms with Crippen molar-refractivity contribution < 1.29 is 14.3 Å². The van der Waals surface area contributed by atoms with Crippen molar-refractivity contribution in [1.29, 1.82) is 0 Å². The summed E-state index contributed by atoms with van der Waals surface area (Å²) in [6.07, 6.45) is 2.31. The molecule has 0 radical (unpaired) electrons. The van der Waals surface area contributed by atoms with Crippen LogP contribution >= 0.6 is 0 Å². The van der Waals surface area contributed by atoms with E-state index in [2.05, 4.69) is 12.2 Å². The van der Waals surface area contributed by atoms with Crippen molar-refractivity contribution in [2.24, 2.45) is 0 Å². The highest BCUT2D eigenvalue weighted by Crippen LogP contribution is 2.18. The predicted molar refractivity (Wildman–Crippen MR) is 136 cm³/mol. The molecular weight excluding hydrogens is 424 g/mol. The fourth-order valence-corrected chi connectivity index (χ4v) is 3.78. The summed E-state index contributed by atoms with van der Waals surface area (Å²) in [6, 6.07) is 26.4. The van der Waals surface area contributed by atoms with Crippen LogP contribution in [-0.4, -0.2) is 35.9 Å². The van der Waals surface area contributed by atoms with E-state index in [9.17, 15) is 9.59 Å². The molecule has 1 N–H and O–H groups in total. The first-order valence-electron chi connectivity index (χ1n) is 11.9. The minimum atomic E-state index is -0.647.